The van der Waals surface area contributed by atoms with Gasteiger partial charge in [0.1, 0.15) is 0 Å². The lowest BCUT2D eigenvalue weighted by molar-refractivity contribution is 0.0698. The predicted molar refractivity (Wildman–Crippen MR) is 69.5 cm³/mol. The monoisotopic (exact) mass is 248 g/mol. The second-order valence-corrected chi connectivity index (χ2v) is 4.57. The first-order valence-corrected chi connectivity index (χ1v) is 5.94. The van der Waals surface area contributed by atoms with E-state index >= 15 is 0 Å². The Labute approximate surface area is 103 Å². The third-order valence-electron chi connectivity index (χ3n) is 2.33. The number of nitrogens with one attached hydrogen (secondary N) is 1. The molecule has 0 radical (unpaired) electrons. The van der Waals surface area contributed by atoms with Crippen LogP contribution >= 0.6 is 11.3 Å². The van der Waals surface area contributed by atoms with Crippen molar-refractivity contribution in [2.45, 2.75) is 6.54 Å². The van der Waals surface area contributed by atoms with Crippen LogP contribution < -0.4 is 11.1 Å². The van der Waals surface area contributed by atoms with Gasteiger partial charge in [-0.3, -0.25) is 0 Å². The van der Waals surface area contributed by atoms with Crippen LogP contribution in [0.4, 0.5) is 11.4 Å². The number of aromatic carboxylic acids is 1. The Morgan fingerprint density at radius 1 is 1.41 bits per heavy atom. The van der Waals surface area contributed by atoms with Gasteiger partial charge in [0.15, 0.2) is 0 Å². The molecule has 0 spiro atoms. The van der Waals surface area contributed by atoms with Crippen LogP contribution in [0.5, 0.6) is 0 Å². The van der Waals surface area contributed by atoms with Crippen LogP contribution in [0.3, 0.4) is 0 Å². The van der Waals surface area contributed by atoms with Gasteiger partial charge >= 0.3 is 5.97 Å². The van der Waals surface area contributed by atoms with Gasteiger partial charge < -0.3 is 16.2 Å². The number of carboxylic acids is 1. The Balaban J connectivity index is 2.11. The topological polar surface area (TPSA) is 75.3 Å². The number of rotatable bonds is 4. The summed E-state index contributed by atoms with van der Waals surface area (Å²) in [6, 6.07) is 8.92. The average molecular weight is 248 g/mol. The third-order valence-corrected chi connectivity index (χ3v) is 3.21. The number of nitrogens with two attached hydrogens (primary N) is 1. The number of carboxylic acid groups (broad SMARTS) is 1. The van der Waals surface area contributed by atoms with E-state index in [4.69, 9.17) is 10.8 Å². The summed E-state index contributed by atoms with van der Waals surface area (Å²) in [5, 5.41) is 14.1. The van der Waals surface area contributed by atoms with Crippen LogP contribution in [-0.4, -0.2) is 11.1 Å². The second kappa shape index (κ2) is 4.88. The highest BCUT2D eigenvalue weighted by molar-refractivity contribution is 7.09. The molecule has 0 aliphatic heterocycles. The van der Waals surface area contributed by atoms with Crippen LogP contribution in [-0.2, 0) is 6.54 Å². The van der Waals surface area contributed by atoms with Gasteiger partial charge in [-0.25, -0.2) is 4.79 Å². The summed E-state index contributed by atoms with van der Waals surface area (Å²) in [5.41, 5.74) is 6.73. The van der Waals surface area contributed by atoms with E-state index in [0.717, 1.165) is 5.69 Å². The van der Waals surface area contributed by atoms with Crippen molar-refractivity contribution in [3.63, 3.8) is 0 Å². The molecule has 0 fully saturated rings. The first-order chi connectivity index (χ1) is 8.16. The Morgan fingerprint density at radius 3 is 2.88 bits per heavy atom. The Morgan fingerprint density at radius 2 is 2.24 bits per heavy atom. The molecule has 2 rings (SSSR count). The SMILES string of the molecule is Nc1ccc(NCc2cccs2)cc1C(=O)O. The fourth-order valence-corrected chi connectivity index (χ4v) is 2.10. The van der Waals surface area contributed by atoms with Crippen molar-refractivity contribution in [1.29, 1.82) is 0 Å². The van der Waals surface area contributed by atoms with E-state index in [1.165, 1.54) is 4.88 Å². The highest BCUT2D eigenvalue weighted by atomic mass is 32.1. The number of thiophene rings is 1. The maximum atomic E-state index is 10.9. The summed E-state index contributed by atoms with van der Waals surface area (Å²) in [6.07, 6.45) is 0. The van der Waals surface area contributed by atoms with Gasteiger partial charge in [-0.2, -0.15) is 0 Å². The maximum Gasteiger partial charge on any atom is 0.337 e. The van der Waals surface area contributed by atoms with Gasteiger partial charge in [0, 0.05) is 22.8 Å². The van der Waals surface area contributed by atoms with Crippen LogP contribution in [0.15, 0.2) is 35.7 Å². The van der Waals surface area contributed by atoms with E-state index < -0.39 is 5.97 Å². The quantitative estimate of drug-likeness (QED) is 0.727. The molecule has 1 heterocycles. The fourth-order valence-electron chi connectivity index (χ4n) is 1.45. The first-order valence-electron chi connectivity index (χ1n) is 5.06. The first kappa shape index (κ1) is 11.5. The Bertz CT molecular complexity index is 523. The lowest BCUT2D eigenvalue weighted by Crippen LogP contribution is -2.04. The van der Waals surface area contributed by atoms with E-state index in [1.807, 2.05) is 17.5 Å². The van der Waals surface area contributed by atoms with E-state index in [0.29, 0.717) is 6.54 Å². The molecule has 1 aromatic heterocycles. The normalized spacial score (nSPS) is 10.1. The molecule has 17 heavy (non-hydrogen) atoms. The molecule has 2 aromatic rings. The molecule has 0 unspecified atom stereocenters. The third kappa shape index (κ3) is 2.76. The van der Waals surface area contributed by atoms with Crippen LogP contribution in [0.25, 0.3) is 0 Å². The zero-order valence-corrected chi connectivity index (χ0v) is 9.83. The van der Waals surface area contributed by atoms with Crippen molar-refractivity contribution in [3.05, 3.63) is 46.2 Å². The van der Waals surface area contributed by atoms with Crippen molar-refractivity contribution in [1.82, 2.24) is 0 Å². The van der Waals surface area contributed by atoms with Crippen molar-refractivity contribution >= 4 is 28.7 Å². The van der Waals surface area contributed by atoms with Crippen molar-refractivity contribution in [2.75, 3.05) is 11.1 Å². The van der Waals surface area contributed by atoms with Crippen LogP contribution in [0, 0.1) is 0 Å². The largest absolute Gasteiger partial charge is 0.478 e. The number of carbonyl (C=O) groups is 1. The molecule has 0 amide bonds. The van der Waals surface area contributed by atoms with Crippen molar-refractivity contribution < 1.29 is 9.90 Å². The summed E-state index contributed by atoms with van der Waals surface area (Å²) in [7, 11) is 0. The van der Waals surface area contributed by atoms with Crippen molar-refractivity contribution in [2.24, 2.45) is 0 Å². The molecule has 1 aromatic carbocycles. The minimum Gasteiger partial charge on any atom is -0.478 e. The highest BCUT2D eigenvalue weighted by Gasteiger charge is 2.08. The van der Waals surface area contributed by atoms with Gasteiger partial charge in [-0.05, 0) is 29.6 Å². The molecule has 0 atom stereocenters. The number of hydrogen-bond donors (Lipinski definition) is 3. The van der Waals surface area contributed by atoms with Gasteiger partial charge in [0.25, 0.3) is 0 Å². The predicted octanol–water partition coefficient (Wildman–Crippen LogP) is 2.64. The van der Waals surface area contributed by atoms with E-state index in [1.54, 1.807) is 29.5 Å². The number of benzene rings is 1. The van der Waals surface area contributed by atoms with Gasteiger partial charge in [-0.15, -0.1) is 11.3 Å². The summed E-state index contributed by atoms with van der Waals surface area (Å²) >= 11 is 1.65. The lowest BCUT2D eigenvalue weighted by atomic mass is 10.1. The maximum absolute atomic E-state index is 10.9. The number of nitrogen functional groups attached to an aromatic ring is 1. The molecule has 0 saturated heterocycles. The second-order valence-electron chi connectivity index (χ2n) is 3.54. The summed E-state index contributed by atoms with van der Waals surface area (Å²) < 4.78 is 0. The average Bonchev–Trinajstić information content (AvgIpc) is 2.80. The minimum absolute atomic E-state index is 0.126. The van der Waals surface area contributed by atoms with Gasteiger partial charge in [-0.1, -0.05) is 6.07 Å². The zero-order valence-electron chi connectivity index (χ0n) is 9.01. The minimum atomic E-state index is -1.01. The highest BCUT2D eigenvalue weighted by Crippen LogP contribution is 2.19. The molecular weight excluding hydrogens is 236 g/mol. The molecular formula is C12H12N2O2S. The molecule has 4 nitrogen and oxygen atoms in total. The molecule has 88 valence electrons. The smallest absolute Gasteiger partial charge is 0.337 e. The fraction of sp³-hybridized carbons (Fsp3) is 0.0833. The van der Waals surface area contributed by atoms with Gasteiger partial charge in [0.05, 0.1) is 5.56 Å². The summed E-state index contributed by atoms with van der Waals surface area (Å²) in [4.78, 5) is 12.1. The van der Waals surface area contributed by atoms with E-state index in [9.17, 15) is 4.79 Å². The lowest BCUT2D eigenvalue weighted by Gasteiger charge is -2.07. The Hall–Kier alpha value is -2.01. The van der Waals surface area contributed by atoms with E-state index in [-0.39, 0.29) is 11.3 Å². The molecule has 0 aliphatic rings. The summed E-state index contributed by atoms with van der Waals surface area (Å²) in [6.45, 7) is 0.681. The summed E-state index contributed by atoms with van der Waals surface area (Å²) in [5.74, 6) is -1.01. The molecule has 4 N–H and O–H groups in total. The molecule has 0 aliphatic carbocycles. The number of anilines is 2. The standard InChI is InChI=1S/C12H12N2O2S/c13-11-4-3-8(6-10(11)12(15)16)14-7-9-2-1-5-17-9/h1-6,14H,7,13H2,(H,15,16). The number of hydrogen-bond acceptors (Lipinski definition) is 4. The molecule has 0 bridgehead atoms. The zero-order chi connectivity index (χ0) is 12.3. The van der Waals surface area contributed by atoms with E-state index in [2.05, 4.69) is 5.32 Å². The van der Waals surface area contributed by atoms with Crippen LogP contribution in [0.2, 0.25) is 0 Å². The van der Waals surface area contributed by atoms with Gasteiger partial charge in [0.2, 0.25) is 0 Å². The molecule has 0 saturated carbocycles. The molecule has 5 heteroatoms. The Kier molecular flexibility index (Phi) is 3.30. The van der Waals surface area contributed by atoms with Crippen LogP contribution in [0.1, 0.15) is 15.2 Å². The van der Waals surface area contributed by atoms with Crippen molar-refractivity contribution in [3.8, 4) is 0 Å².